The van der Waals surface area contributed by atoms with Gasteiger partial charge in [0.1, 0.15) is 11.5 Å². The van der Waals surface area contributed by atoms with E-state index in [1.165, 1.54) is 0 Å². The summed E-state index contributed by atoms with van der Waals surface area (Å²) in [6, 6.07) is 5.38. The maximum Gasteiger partial charge on any atom is 0.191 e. The van der Waals surface area contributed by atoms with Crippen LogP contribution in [0.25, 0.3) is 0 Å². The van der Waals surface area contributed by atoms with Crippen molar-refractivity contribution in [3.8, 4) is 11.5 Å². The maximum atomic E-state index is 9.98. The number of aliphatic imine (C=N–C) groups is 1. The summed E-state index contributed by atoms with van der Waals surface area (Å²) < 4.78 is 5.21. The number of hydrogen-bond acceptors (Lipinski definition) is 4. The van der Waals surface area contributed by atoms with E-state index in [4.69, 9.17) is 4.74 Å². The fourth-order valence-electron chi connectivity index (χ4n) is 1.87. The van der Waals surface area contributed by atoms with Crippen molar-refractivity contribution in [2.24, 2.45) is 4.99 Å². The molecule has 24 heavy (non-hydrogen) atoms. The number of ether oxygens (including phenoxy) is 1. The molecule has 0 amide bonds. The van der Waals surface area contributed by atoms with Crippen LogP contribution in [0.4, 0.5) is 0 Å². The zero-order valence-electron chi connectivity index (χ0n) is 15.2. The molecule has 1 aromatic carbocycles. The van der Waals surface area contributed by atoms with Gasteiger partial charge in [-0.05, 0) is 45.1 Å². The minimum absolute atomic E-state index is 0. The Balaban J connectivity index is 0.00000529. The molecule has 0 aliphatic heterocycles. The fraction of sp³-hybridized carbons (Fsp3) is 0.588. The molecule has 0 bridgehead atoms. The topological polar surface area (TPSA) is 65.9 Å². The van der Waals surface area contributed by atoms with Gasteiger partial charge in [0.2, 0.25) is 0 Å². The van der Waals surface area contributed by atoms with Crippen LogP contribution in [0, 0.1) is 0 Å². The lowest BCUT2D eigenvalue weighted by molar-refractivity contribution is 0.406. The minimum Gasteiger partial charge on any atom is -0.508 e. The number of nitrogens with zero attached hydrogens (tertiary/aromatic N) is 1. The van der Waals surface area contributed by atoms with Gasteiger partial charge < -0.3 is 20.5 Å². The Morgan fingerprint density at radius 1 is 1.33 bits per heavy atom. The zero-order valence-corrected chi connectivity index (χ0v) is 18.3. The van der Waals surface area contributed by atoms with Gasteiger partial charge in [0.15, 0.2) is 5.96 Å². The fourth-order valence-corrected chi connectivity index (χ4v) is 2.07. The lowest BCUT2D eigenvalue weighted by Crippen LogP contribution is -2.39. The molecule has 0 saturated heterocycles. The van der Waals surface area contributed by atoms with Crippen LogP contribution in [0.5, 0.6) is 11.5 Å². The average molecular weight is 467 g/mol. The largest absolute Gasteiger partial charge is 0.508 e. The maximum absolute atomic E-state index is 9.98. The second-order valence-electron chi connectivity index (χ2n) is 5.83. The number of hydrogen-bond donors (Lipinski definition) is 3. The van der Waals surface area contributed by atoms with Crippen LogP contribution in [0.15, 0.2) is 23.2 Å². The molecule has 7 heteroatoms. The first-order valence-electron chi connectivity index (χ1n) is 7.85. The van der Waals surface area contributed by atoms with Crippen molar-refractivity contribution in [1.82, 2.24) is 10.6 Å². The van der Waals surface area contributed by atoms with Crippen LogP contribution in [-0.2, 0) is 6.42 Å². The van der Waals surface area contributed by atoms with Gasteiger partial charge in [-0.25, -0.2) is 0 Å². The van der Waals surface area contributed by atoms with Crippen LogP contribution in [0.2, 0.25) is 0 Å². The molecule has 1 rings (SSSR count). The molecule has 0 atom stereocenters. The normalized spacial score (nSPS) is 11.6. The Labute approximate surface area is 167 Å². The molecule has 3 N–H and O–H groups in total. The van der Waals surface area contributed by atoms with E-state index >= 15 is 0 Å². The number of phenols is 1. The number of methoxy groups -OCH3 is 1. The number of thioether (sulfide) groups is 1. The van der Waals surface area contributed by atoms with Gasteiger partial charge >= 0.3 is 0 Å². The van der Waals surface area contributed by atoms with Crippen molar-refractivity contribution >= 4 is 41.7 Å². The van der Waals surface area contributed by atoms with Crippen LogP contribution < -0.4 is 15.4 Å². The summed E-state index contributed by atoms with van der Waals surface area (Å²) in [6.07, 6.45) is 2.81. The molecule has 0 radical (unpaired) electrons. The molecular weight excluding hydrogens is 437 g/mol. The van der Waals surface area contributed by atoms with Crippen molar-refractivity contribution in [3.63, 3.8) is 0 Å². The number of phenolic OH excluding ortho intramolecular Hbond substituents is 1. The lowest BCUT2D eigenvalue weighted by Gasteiger charge is -2.20. The van der Waals surface area contributed by atoms with E-state index in [0.29, 0.717) is 18.7 Å². The predicted molar refractivity (Wildman–Crippen MR) is 115 cm³/mol. The first kappa shape index (κ1) is 23.2. The Morgan fingerprint density at radius 2 is 2.04 bits per heavy atom. The van der Waals surface area contributed by atoms with E-state index in [-0.39, 0.29) is 34.5 Å². The van der Waals surface area contributed by atoms with Crippen LogP contribution in [0.3, 0.4) is 0 Å². The number of nitrogens with one attached hydrogen (secondary N) is 2. The third-order valence-electron chi connectivity index (χ3n) is 3.49. The Bertz CT molecular complexity index is 525. The monoisotopic (exact) mass is 467 g/mol. The van der Waals surface area contributed by atoms with Crippen LogP contribution >= 0.6 is 35.7 Å². The van der Waals surface area contributed by atoms with Gasteiger partial charge in [0.25, 0.3) is 0 Å². The van der Waals surface area contributed by atoms with Crippen molar-refractivity contribution in [1.29, 1.82) is 0 Å². The van der Waals surface area contributed by atoms with Crippen molar-refractivity contribution in [2.45, 2.75) is 31.9 Å². The third-order valence-corrected chi connectivity index (χ3v) is 4.73. The summed E-state index contributed by atoms with van der Waals surface area (Å²) in [7, 11) is 1.59. The summed E-state index contributed by atoms with van der Waals surface area (Å²) in [6.45, 7) is 8.68. The van der Waals surface area contributed by atoms with Crippen molar-refractivity contribution < 1.29 is 9.84 Å². The molecule has 0 saturated carbocycles. The molecule has 1 aromatic rings. The molecule has 0 unspecified atom stereocenters. The van der Waals surface area contributed by atoms with Crippen LogP contribution in [0.1, 0.15) is 26.3 Å². The number of guanidine groups is 1. The van der Waals surface area contributed by atoms with E-state index in [9.17, 15) is 5.11 Å². The number of aromatic hydroxyl groups is 1. The SMILES string of the molecule is CCNC(=NCC(C)(C)SC)NCCc1ccc(OC)cc1O.I. The molecule has 0 aliphatic rings. The van der Waals surface area contributed by atoms with Crippen molar-refractivity contribution in [2.75, 3.05) is 33.0 Å². The molecular formula is C17H30IN3O2S. The standard InChI is InChI=1S/C17H29N3O2S.HI/c1-6-18-16(20-12-17(2,3)23-5)19-10-9-13-7-8-14(22-4)11-15(13)21;/h7-8,11,21H,6,9-10,12H2,1-5H3,(H2,18,19,20);1H. The Morgan fingerprint density at radius 3 is 2.58 bits per heavy atom. The first-order valence-corrected chi connectivity index (χ1v) is 9.07. The quantitative estimate of drug-likeness (QED) is 0.311. The van der Waals surface area contributed by atoms with E-state index in [1.807, 2.05) is 19.1 Å². The highest BCUT2D eigenvalue weighted by molar-refractivity contribution is 14.0. The second kappa shape index (κ2) is 11.7. The summed E-state index contributed by atoms with van der Waals surface area (Å²) in [5.74, 6) is 1.73. The van der Waals surface area contributed by atoms with Gasteiger partial charge in [-0.15, -0.1) is 24.0 Å². The zero-order chi connectivity index (χ0) is 17.3. The predicted octanol–water partition coefficient (Wildman–Crippen LogP) is 3.26. The van der Waals surface area contributed by atoms with Gasteiger partial charge in [0.05, 0.1) is 13.7 Å². The molecule has 138 valence electrons. The molecule has 0 fully saturated rings. The van der Waals surface area contributed by atoms with E-state index in [0.717, 1.165) is 24.6 Å². The minimum atomic E-state index is 0. The van der Waals surface area contributed by atoms with E-state index in [2.05, 4.69) is 35.7 Å². The van der Waals surface area contributed by atoms with E-state index in [1.54, 1.807) is 24.9 Å². The molecule has 0 spiro atoms. The number of halogens is 1. The second-order valence-corrected chi connectivity index (χ2v) is 7.34. The smallest absolute Gasteiger partial charge is 0.191 e. The highest BCUT2D eigenvalue weighted by Gasteiger charge is 2.15. The summed E-state index contributed by atoms with van der Waals surface area (Å²) in [5, 5.41) is 16.5. The van der Waals surface area contributed by atoms with Crippen LogP contribution in [-0.4, -0.2) is 48.8 Å². The molecule has 0 heterocycles. The van der Waals surface area contributed by atoms with Gasteiger partial charge in [0, 0.05) is 23.9 Å². The van der Waals surface area contributed by atoms with E-state index < -0.39 is 0 Å². The molecule has 0 aromatic heterocycles. The first-order chi connectivity index (χ1) is 10.9. The number of benzene rings is 1. The average Bonchev–Trinajstić information content (AvgIpc) is 2.54. The summed E-state index contributed by atoms with van der Waals surface area (Å²) >= 11 is 1.81. The Kier molecular flexibility index (Phi) is 11.3. The number of rotatable bonds is 8. The third kappa shape index (κ3) is 8.32. The summed E-state index contributed by atoms with van der Waals surface area (Å²) in [5.41, 5.74) is 0.888. The lowest BCUT2D eigenvalue weighted by atomic mass is 10.1. The Hall–Kier alpha value is -0.830. The van der Waals surface area contributed by atoms with Gasteiger partial charge in [-0.3, -0.25) is 4.99 Å². The van der Waals surface area contributed by atoms with Gasteiger partial charge in [-0.2, -0.15) is 11.8 Å². The molecule has 0 aliphatic carbocycles. The summed E-state index contributed by atoms with van der Waals surface area (Å²) in [4.78, 5) is 4.63. The highest BCUT2D eigenvalue weighted by Crippen LogP contribution is 2.23. The highest BCUT2D eigenvalue weighted by atomic mass is 127. The molecule has 5 nitrogen and oxygen atoms in total. The van der Waals surface area contributed by atoms with Crippen molar-refractivity contribution in [3.05, 3.63) is 23.8 Å². The van der Waals surface area contributed by atoms with Gasteiger partial charge in [-0.1, -0.05) is 6.07 Å².